The van der Waals surface area contributed by atoms with Gasteiger partial charge in [0.2, 0.25) is 0 Å². The molecule has 0 aromatic heterocycles. The van der Waals surface area contributed by atoms with E-state index >= 15 is 0 Å². The summed E-state index contributed by atoms with van der Waals surface area (Å²) in [5.41, 5.74) is 6.15. The van der Waals surface area contributed by atoms with E-state index in [-0.39, 0.29) is 0 Å². The predicted octanol–water partition coefficient (Wildman–Crippen LogP) is 0.750. The molecule has 1 aliphatic rings. The first kappa shape index (κ1) is 12.0. The smallest absolute Gasteiger partial charge is 0.0350 e. The molecule has 0 spiro atoms. The summed E-state index contributed by atoms with van der Waals surface area (Å²) in [6, 6.07) is 0.516. The van der Waals surface area contributed by atoms with Crippen LogP contribution in [-0.2, 0) is 0 Å². The lowest BCUT2D eigenvalue weighted by molar-refractivity contribution is 0.0857. The SMILES string of the molecule is CCN1C(CN)CN(C)CCC1(C)C. The molecule has 1 fully saturated rings. The second-order valence-corrected chi connectivity index (χ2v) is 5.00. The molecule has 0 amide bonds. The minimum atomic E-state index is 0.295. The molecule has 1 rings (SSSR count). The lowest BCUT2D eigenvalue weighted by Crippen LogP contribution is -2.53. The maximum Gasteiger partial charge on any atom is 0.0350 e. The largest absolute Gasteiger partial charge is 0.329 e. The highest BCUT2D eigenvalue weighted by Crippen LogP contribution is 2.24. The van der Waals surface area contributed by atoms with E-state index in [1.807, 2.05) is 0 Å². The Balaban J connectivity index is 2.80. The molecular weight excluding hydrogens is 174 g/mol. The summed E-state index contributed by atoms with van der Waals surface area (Å²) in [6.07, 6.45) is 1.23. The van der Waals surface area contributed by atoms with Crippen molar-refractivity contribution in [2.24, 2.45) is 5.73 Å². The quantitative estimate of drug-likeness (QED) is 0.712. The van der Waals surface area contributed by atoms with Crippen LogP contribution in [0.1, 0.15) is 27.2 Å². The summed E-state index contributed by atoms with van der Waals surface area (Å²) >= 11 is 0. The zero-order valence-corrected chi connectivity index (χ0v) is 10.1. The topological polar surface area (TPSA) is 32.5 Å². The van der Waals surface area contributed by atoms with Crippen LogP contribution in [0.15, 0.2) is 0 Å². The van der Waals surface area contributed by atoms with Crippen LogP contribution in [0.4, 0.5) is 0 Å². The second-order valence-electron chi connectivity index (χ2n) is 5.00. The van der Waals surface area contributed by atoms with E-state index in [0.717, 1.165) is 19.6 Å². The highest BCUT2D eigenvalue weighted by molar-refractivity contribution is 4.91. The fraction of sp³-hybridized carbons (Fsp3) is 1.00. The summed E-state index contributed by atoms with van der Waals surface area (Å²) in [4.78, 5) is 4.95. The van der Waals surface area contributed by atoms with Gasteiger partial charge in [-0.2, -0.15) is 0 Å². The maximum atomic E-state index is 5.85. The zero-order chi connectivity index (χ0) is 10.8. The molecule has 84 valence electrons. The van der Waals surface area contributed by atoms with Crippen molar-refractivity contribution in [1.29, 1.82) is 0 Å². The van der Waals surface area contributed by atoms with Crippen molar-refractivity contribution in [1.82, 2.24) is 9.80 Å². The Morgan fingerprint density at radius 1 is 1.43 bits per heavy atom. The van der Waals surface area contributed by atoms with Gasteiger partial charge in [-0.1, -0.05) is 6.92 Å². The first-order valence-electron chi connectivity index (χ1n) is 5.66. The molecule has 1 aliphatic heterocycles. The van der Waals surface area contributed by atoms with Gasteiger partial charge in [-0.3, -0.25) is 4.90 Å². The van der Waals surface area contributed by atoms with Gasteiger partial charge >= 0.3 is 0 Å². The van der Waals surface area contributed by atoms with Gasteiger partial charge in [0.05, 0.1) is 0 Å². The van der Waals surface area contributed by atoms with Crippen LogP contribution in [0.5, 0.6) is 0 Å². The molecule has 3 heteroatoms. The van der Waals surface area contributed by atoms with Crippen LogP contribution in [-0.4, -0.2) is 54.6 Å². The van der Waals surface area contributed by atoms with E-state index < -0.39 is 0 Å². The molecule has 0 saturated carbocycles. The van der Waals surface area contributed by atoms with Crippen molar-refractivity contribution in [3.8, 4) is 0 Å². The summed E-state index contributed by atoms with van der Waals surface area (Å²) in [5.74, 6) is 0. The third-order valence-electron chi connectivity index (χ3n) is 3.46. The minimum absolute atomic E-state index is 0.295. The minimum Gasteiger partial charge on any atom is -0.329 e. The average Bonchev–Trinajstić information content (AvgIpc) is 2.23. The van der Waals surface area contributed by atoms with Crippen molar-refractivity contribution >= 4 is 0 Å². The van der Waals surface area contributed by atoms with Crippen molar-refractivity contribution < 1.29 is 0 Å². The zero-order valence-electron chi connectivity index (χ0n) is 10.1. The molecule has 2 N–H and O–H groups in total. The Hall–Kier alpha value is -0.120. The molecule has 14 heavy (non-hydrogen) atoms. The molecule has 0 aliphatic carbocycles. The Morgan fingerprint density at radius 3 is 2.57 bits per heavy atom. The van der Waals surface area contributed by atoms with E-state index in [4.69, 9.17) is 5.73 Å². The van der Waals surface area contributed by atoms with Gasteiger partial charge in [0.15, 0.2) is 0 Å². The van der Waals surface area contributed by atoms with E-state index in [1.165, 1.54) is 13.0 Å². The molecule has 0 bridgehead atoms. The van der Waals surface area contributed by atoms with Crippen molar-refractivity contribution in [2.75, 3.05) is 33.2 Å². The number of hydrogen-bond donors (Lipinski definition) is 1. The number of likely N-dealkylation sites (N-methyl/N-ethyl adjacent to an activating group) is 2. The molecule has 1 atom stereocenters. The highest BCUT2D eigenvalue weighted by Gasteiger charge is 2.33. The molecule has 1 heterocycles. The van der Waals surface area contributed by atoms with Gasteiger partial charge < -0.3 is 10.6 Å². The van der Waals surface area contributed by atoms with E-state index in [9.17, 15) is 0 Å². The predicted molar refractivity (Wildman–Crippen MR) is 61.4 cm³/mol. The number of rotatable bonds is 2. The van der Waals surface area contributed by atoms with Crippen LogP contribution >= 0.6 is 0 Å². The van der Waals surface area contributed by atoms with Crippen molar-refractivity contribution in [3.05, 3.63) is 0 Å². The first-order chi connectivity index (χ1) is 6.51. The van der Waals surface area contributed by atoms with Gasteiger partial charge in [0, 0.05) is 24.7 Å². The van der Waals surface area contributed by atoms with Gasteiger partial charge in [-0.25, -0.2) is 0 Å². The van der Waals surface area contributed by atoms with Gasteiger partial charge in [0.1, 0.15) is 0 Å². The van der Waals surface area contributed by atoms with E-state index in [0.29, 0.717) is 11.6 Å². The summed E-state index contributed by atoms with van der Waals surface area (Å²) < 4.78 is 0. The molecule has 0 aromatic carbocycles. The molecule has 0 aromatic rings. The maximum absolute atomic E-state index is 5.85. The summed E-state index contributed by atoms with van der Waals surface area (Å²) in [7, 11) is 2.19. The molecule has 1 unspecified atom stereocenters. The molecule has 3 nitrogen and oxygen atoms in total. The average molecular weight is 199 g/mol. The van der Waals surface area contributed by atoms with Crippen LogP contribution in [0, 0.1) is 0 Å². The summed E-state index contributed by atoms with van der Waals surface area (Å²) in [5, 5.41) is 0. The Morgan fingerprint density at radius 2 is 2.07 bits per heavy atom. The highest BCUT2D eigenvalue weighted by atomic mass is 15.3. The Kier molecular flexibility index (Phi) is 3.93. The van der Waals surface area contributed by atoms with Crippen molar-refractivity contribution in [2.45, 2.75) is 38.8 Å². The third-order valence-corrected chi connectivity index (χ3v) is 3.46. The number of hydrogen-bond acceptors (Lipinski definition) is 3. The Labute approximate surface area is 88.2 Å². The van der Waals surface area contributed by atoms with Gasteiger partial charge in [-0.15, -0.1) is 0 Å². The van der Waals surface area contributed by atoms with Crippen LogP contribution < -0.4 is 5.73 Å². The van der Waals surface area contributed by atoms with Gasteiger partial charge in [-0.05, 0) is 40.4 Å². The van der Waals surface area contributed by atoms with Gasteiger partial charge in [0.25, 0.3) is 0 Å². The normalized spacial score (nSPS) is 30.2. The fourth-order valence-electron chi connectivity index (χ4n) is 2.54. The van der Waals surface area contributed by atoms with Crippen LogP contribution in [0.3, 0.4) is 0 Å². The molecular formula is C11H25N3. The fourth-order valence-corrected chi connectivity index (χ4v) is 2.54. The van der Waals surface area contributed by atoms with Crippen LogP contribution in [0.25, 0.3) is 0 Å². The second kappa shape index (κ2) is 4.60. The summed E-state index contributed by atoms with van der Waals surface area (Å²) in [6.45, 7) is 11.0. The third kappa shape index (κ3) is 2.47. The molecule has 1 saturated heterocycles. The lowest BCUT2D eigenvalue weighted by Gasteiger charge is -2.40. The number of nitrogens with zero attached hydrogens (tertiary/aromatic N) is 2. The monoisotopic (exact) mass is 199 g/mol. The van der Waals surface area contributed by atoms with Crippen molar-refractivity contribution in [3.63, 3.8) is 0 Å². The van der Waals surface area contributed by atoms with Crippen LogP contribution in [0.2, 0.25) is 0 Å². The Bertz CT molecular complexity index is 179. The van der Waals surface area contributed by atoms with E-state index in [1.54, 1.807) is 0 Å². The lowest BCUT2D eigenvalue weighted by atomic mass is 9.97. The molecule has 0 radical (unpaired) electrons. The number of nitrogens with two attached hydrogens (primary N) is 1. The first-order valence-corrected chi connectivity index (χ1v) is 5.66. The van der Waals surface area contributed by atoms with E-state index in [2.05, 4.69) is 37.6 Å². The standard InChI is InChI=1S/C11H25N3/c1-5-14-10(8-12)9-13(4)7-6-11(14,2)3/h10H,5-9,12H2,1-4H3.